The molecule has 1 amide bonds. The molecule has 2 aromatic rings. The molecule has 1 aromatic carbocycles. The smallest absolute Gasteiger partial charge is 0.264 e. The van der Waals surface area contributed by atoms with Gasteiger partial charge in [0.15, 0.2) is 6.10 Å². The highest BCUT2D eigenvalue weighted by Gasteiger charge is 2.39. The van der Waals surface area contributed by atoms with Gasteiger partial charge in [-0.2, -0.15) is 0 Å². The fourth-order valence-electron chi connectivity index (χ4n) is 3.06. The molecule has 2 atom stereocenters. The number of halogens is 1. The van der Waals surface area contributed by atoms with Crippen LogP contribution in [0.3, 0.4) is 0 Å². The Morgan fingerprint density at radius 1 is 1.38 bits per heavy atom. The van der Waals surface area contributed by atoms with Gasteiger partial charge in [0.25, 0.3) is 5.91 Å². The first-order chi connectivity index (χ1) is 11.6. The van der Waals surface area contributed by atoms with Gasteiger partial charge < -0.3 is 18.8 Å². The first kappa shape index (κ1) is 15.1. The lowest BCUT2D eigenvalue weighted by molar-refractivity contribution is -0.148. The maximum atomic E-state index is 13.3. The van der Waals surface area contributed by atoms with Gasteiger partial charge in [0.05, 0.1) is 13.2 Å². The topological polar surface area (TPSA) is 77.7 Å². The van der Waals surface area contributed by atoms with E-state index >= 15 is 0 Å². The van der Waals surface area contributed by atoms with Crippen LogP contribution in [0.25, 0.3) is 0 Å². The molecule has 3 heterocycles. The molecule has 24 heavy (non-hydrogen) atoms. The number of fused-ring (bicyclic) bond motifs is 1. The normalized spacial score (nSPS) is 23.0. The van der Waals surface area contributed by atoms with Crippen molar-refractivity contribution in [1.82, 2.24) is 15.1 Å². The van der Waals surface area contributed by atoms with Gasteiger partial charge in [-0.15, -0.1) is 10.2 Å². The summed E-state index contributed by atoms with van der Waals surface area (Å²) in [6.07, 6.45) is -0.329. The summed E-state index contributed by atoms with van der Waals surface area (Å²) in [6, 6.07) is 3.85. The number of ether oxygens (including phenoxy) is 2. The molecule has 1 saturated heterocycles. The van der Waals surface area contributed by atoms with Crippen LogP contribution < -0.4 is 4.74 Å². The van der Waals surface area contributed by atoms with Crippen molar-refractivity contribution < 1.29 is 23.1 Å². The number of aromatic nitrogens is 2. The minimum atomic E-state index is -0.675. The zero-order valence-electron chi connectivity index (χ0n) is 13.1. The summed E-state index contributed by atoms with van der Waals surface area (Å²) in [4.78, 5) is 14.5. The molecule has 8 heteroatoms. The molecule has 2 aliphatic rings. The number of hydrogen-bond acceptors (Lipinski definition) is 6. The standard InChI is InChI=1S/C16H16FN3O4/c1-9-18-19-15(23-9)12-8-22-5-4-20(12)16(21)14-7-10-6-11(17)2-3-13(10)24-14/h2-3,6,12,14H,4-5,7-8H2,1H3/t12-,14+/m0/s1. The van der Waals surface area contributed by atoms with Crippen molar-refractivity contribution in [3.63, 3.8) is 0 Å². The molecule has 0 bridgehead atoms. The monoisotopic (exact) mass is 333 g/mol. The summed E-state index contributed by atoms with van der Waals surface area (Å²) in [5.41, 5.74) is 0.701. The number of rotatable bonds is 2. The van der Waals surface area contributed by atoms with Crippen LogP contribution in [0.2, 0.25) is 0 Å². The molecule has 1 fully saturated rings. The van der Waals surface area contributed by atoms with E-state index in [4.69, 9.17) is 13.9 Å². The first-order valence-electron chi connectivity index (χ1n) is 7.75. The second kappa shape index (κ2) is 5.86. The number of carbonyl (C=O) groups is 1. The van der Waals surface area contributed by atoms with E-state index in [9.17, 15) is 9.18 Å². The minimum absolute atomic E-state index is 0.184. The van der Waals surface area contributed by atoms with Crippen LogP contribution in [0.5, 0.6) is 5.75 Å². The van der Waals surface area contributed by atoms with Crippen molar-refractivity contribution >= 4 is 5.91 Å². The maximum Gasteiger partial charge on any atom is 0.264 e. The number of hydrogen-bond donors (Lipinski definition) is 0. The van der Waals surface area contributed by atoms with E-state index in [1.807, 2.05) is 0 Å². The highest BCUT2D eigenvalue weighted by atomic mass is 19.1. The fourth-order valence-corrected chi connectivity index (χ4v) is 3.06. The first-order valence-corrected chi connectivity index (χ1v) is 7.75. The summed E-state index contributed by atoms with van der Waals surface area (Å²) in [5.74, 6) is 0.810. The Hall–Kier alpha value is -2.48. The summed E-state index contributed by atoms with van der Waals surface area (Å²) >= 11 is 0. The molecule has 7 nitrogen and oxygen atoms in total. The maximum absolute atomic E-state index is 13.3. The Labute approximate surface area is 137 Å². The average Bonchev–Trinajstić information content (AvgIpc) is 3.20. The Kier molecular flexibility index (Phi) is 3.68. The van der Waals surface area contributed by atoms with Crippen LogP contribution in [-0.2, 0) is 16.0 Å². The third-order valence-corrected chi connectivity index (χ3v) is 4.21. The third kappa shape index (κ3) is 2.62. The third-order valence-electron chi connectivity index (χ3n) is 4.21. The molecule has 1 aromatic heterocycles. The second-order valence-corrected chi connectivity index (χ2v) is 5.84. The van der Waals surface area contributed by atoms with Crippen molar-refractivity contribution in [3.8, 4) is 5.75 Å². The Morgan fingerprint density at radius 2 is 2.25 bits per heavy atom. The predicted molar refractivity (Wildman–Crippen MR) is 78.8 cm³/mol. The minimum Gasteiger partial charge on any atom is -0.480 e. The fraction of sp³-hybridized carbons (Fsp3) is 0.438. The molecule has 0 aliphatic carbocycles. The Balaban J connectivity index is 1.55. The van der Waals surface area contributed by atoms with Crippen LogP contribution >= 0.6 is 0 Å². The quantitative estimate of drug-likeness (QED) is 0.827. The van der Waals surface area contributed by atoms with E-state index in [2.05, 4.69) is 10.2 Å². The Bertz CT molecular complexity index is 778. The predicted octanol–water partition coefficient (Wildman–Crippen LogP) is 1.42. The zero-order valence-corrected chi connectivity index (χ0v) is 13.1. The van der Waals surface area contributed by atoms with Crippen LogP contribution in [0.4, 0.5) is 4.39 Å². The number of nitrogens with zero attached hydrogens (tertiary/aromatic N) is 3. The number of carbonyl (C=O) groups excluding carboxylic acids is 1. The molecule has 4 rings (SSSR count). The van der Waals surface area contributed by atoms with E-state index in [1.54, 1.807) is 17.9 Å². The Morgan fingerprint density at radius 3 is 3.04 bits per heavy atom. The van der Waals surface area contributed by atoms with Crippen molar-refractivity contribution in [2.75, 3.05) is 19.8 Å². The highest BCUT2D eigenvalue weighted by Crippen LogP contribution is 2.32. The molecule has 2 aliphatic heterocycles. The highest BCUT2D eigenvalue weighted by molar-refractivity contribution is 5.83. The molecule has 0 unspecified atom stereocenters. The van der Waals surface area contributed by atoms with E-state index in [0.717, 1.165) is 0 Å². The summed E-state index contributed by atoms with van der Waals surface area (Å²) in [6.45, 7) is 2.83. The van der Waals surface area contributed by atoms with Gasteiger partial charge in [-0.05, 0) is 18.2 Å². The van der Waals surface area contributed by atoms with Gasteiger partial charge in [0.2, 0.25) is 11.8 Å². The van der Waals surface area contributed by atoms with Gasteiger partial charge in [-0.25, -0.2) is 4.39 Å². The second-order valence-electron chi connectivity index (χ2n) is 5.84. The lowest BCUT2D eigenvalue weighted by atomic mass is 10.1. The van der Waals surface area contributed by atoms with Crippen molar-refractivity contribution in [3.05, 3.63) is 41.4 Å². The zero-order chi connectivity index (χ0) is 16.7. The van der Waals surface area contributed by atoms with Gasteiger partial charge in [-0.3, -0.25) is 4.79 Å². The molecule has 0 N–H and O–H groups in total. The molecular formula is C16H16FN3O4. The largest absolute Gasteiger partial charge is 0.480 e. The van der Waals surface area contributed by atoms with Crippen LogP contribution in [-0.4, -0.2) is 46.9 Å². The van der Waals surface area contributed by atoms with Crippen LogP contribution in [0, 0.1) is 12.7 Å². The molecule has 0 spiro atoms. The number of morpholine rings is 1. The average molecular weight is 333 g/mol. The van der Waals surface area contributed by atoms with Gasteiger partial charge in [0.1, 0.15) is 17.6 Å². The summed E-state index contributed by atoms with van der Waals surface area (Å²) < 4.78 is 29.9. The van der Waals surface area contributed by atoms with Crippen LogP contribution in [0.1, 0.15) is 23.4 Å². The SMILES string of the molecule is Cc1nnc([C@@H]2COCCN2C(=O)[C@H]2Cc3cc(F)ccc3O2)o1. The van der Waals surface area contributed by atoms with E-state index < -0.39 is 12.1 Å². The van der Waals surface area contributed by atoms with Crippen molar-refractivity contribution in [2.45, 2.75) is 25.5 Å². The van der Waals surface area contributed by atoms with Crippen LogP contribution in [0.15, 0.2) is 22.6 Å². The number of benzene rings is 1. The number of amides is 1. The lowest BCUT2D eigenvalue weighted by Crippen LogP contribution is -2.49. The van der Waals surface area contributed by atoms with Crippen molar-refractivity contribution in [2.24, 2.45) is 0 Å². The number of aryl methyl sites for hydroxylation is 1. The van der Waals surface area contributed by atoms with Gasteiger partial charge in [0, 0.05) is 25.5 Å². The van der Waals surface area contributed by atoms with E-state index in [-0.39, 0.29) is 11.7 Å². The van der Waals surface area contributed by atoms with Gasteiger partial charge >= 0.3 is 0 Å². The van der Waals surface area contributed by atoms with Gasteiger partial charge in [-0.1, -0.05) is 0 Å². The summed E-state index contributed by atoms with van der Waals surface area (Å²) in [7, 11) is 0. The molecule has 126 valence electrons. The molecular weight excluding hydrogens is 317 g/mol. The molecule has 0 saturated carbocycles. The van der Waals surface area contributed by atoms with Crippen molar-refractivity contribution in [1.29, 1.82) is 0 Å². The van der Waals surface area contributed by atoms with E-state index in [0.29, 0.717) is 49.3 Å². The molecule has 0 radical (unpaired) electrons. The van der Waals surface area contributed by atoms with E-state index in [1.165, 1.54) is 12.1 Å². The lowest BCUT2D eigenvalue weighted by Gasteiger charge is -2.34. The summed E-state index contributed by atoms with van der Waals surface area (Å²) in [5, 5.41) is 7.81.